The van der Waals surface area contributed by atoms with Crippen LogP contribution in [0, 0.1) is 0 Å². The Labute approximate surface area is 152 Å². The highest BCUT2D eigenvalue weighted by molar-refractivity contribution is 7.09. The number of hydrogen-bond acceptors (Lipinski definition) is 6. The van der Waals surface area contributed by atoms with Gasteiger partial charge in [-0.05, 0) is 36.6 Å². The molecule has 0 spiro atoms. The van der Waals surface area contributed by atoms with Crippen molar-refractivity contribution >= 4 is 11.3 Å². The average Bonchev–Trinajstić information content (AvgIpc) is 3.23. The summed E-state index contributed by atoms with van der Waals surface area (Å²) in [6.45, 7) is 7.08. The fourth-order valence-corrected chi connectivity index (χ4v) is 4.52. The molecule has 0 radical (unpaired) electrons. The summed E-state index contributed by atoms with van der Waals surface area (Å²) < 4.78 is 10.8. The van der Waals surface area contributed by atoms with Gasteiger partial charge in [-0.15, -0.1) is 11.3 Å². The predicted octanol–water partition coefficient (Wildman–Crippen LogP) is 3.35. The van der Waals surface area contributed by atoms with Gasteiger partial charge in [0.15, 0.2) is 11.5 Å². The first-order chi connectivity index (χ1) is 12.1. The van der Waals surface area contributed by atoms with Crippen LogP contribution in [0.15, 0.2) is 23.6 Å². The van der Waals surface area contributed by atoms with Crippen LogP contribution in [0.2, 0.25) is 0 Å². The van der Waals surface area contributed by atoms with Crippen molar-refractivity contribution in [2.24, 2.45) is 0 Å². The number of thiazole rings is 1. The van der Waals surface area contributed by atoms with E-state index in [1.54, 1.807) is 11.3 Å². The Bertz CT molecular complexity index is 746. The van der Waals surface area contributed by atoms with Gasteiger partial charge in [0.25, 0.3) is 0 Å². The Morgan fingerprint density at radius 3 is 2.92 bits per heavy atom. The molecule has 2 aliphatic rings. The highest BCUT2D eigenvalue weighted by Crippen LogP contribution is 2.37. The van der Waals surface area contributed by atoms with E-state index in [9.17, 15) is 5.11 Å². The van der Waals surface area contributed by atoms with Crippen LogP contribution in [0.3, 0.4) is 0 Å². The van der Waals surface area contributed by atoms with Crippen LogP contribution in [0.5, 0.6) is 11.5 Å². The molecule has 1 fully saturated rings. The Hall–Kier alpha value is -1.63. The third-order valence-electron chi connectivity index (χ3n) is 5.01. The van der Waals surface area contributed by atoms with E-state index < -0.39 is 0 Å². The monoisotopic (exact) mass is 360 g/mol. The van der Waals surface area contributed by atoms with Crippen LogP contribution >= 0.6 is 11.3 Å². The summed E-state index contributed by atoms with van der Waals surface area (Å²) >= 11 is 1.72. The summed E-state index contributed by atoms with van der Waals surface area (Å²) in [6, 6.07) is 6.01. The second-order valence-corrected chi connectivity index (χ2v) is 8.07. The number of ether oxygens (including phenoxy) is 2. The Morgan fingerprint density at radius 1 is 1.32 bits per heavy atom. The molecule has 0 aliphatic carbocycles. The van der Waals surface area contributed by atoms with E-state index in [-0.39, 0.29) is 18.8 Å². The second kappa shape index (κ2) is 6.94. The number of likely N-dealkylation sites (tertiary alicyclic amines) is 1. The minimum atomic E-state index is -0.376. The summed E-state index contributed by atoms with van der Waals surface area (Å²) in [5.74, 6) is 2.19. The van der Waals surface area contributed by atoms with Crippen molar-refractivity contribution in [1.29, 1.82) is 0 Å². The topological polar surface area (TPSA) is 54.8 Å². The first kappa shape index (κ1) is 16.8. The molecule has 4 rings (SSSR count). The maximum atomic E-state index is 10.7. The smallest absolute Gasteiger partial charge is 0.231 e. The largest absolute Gasteiger partial charge is 0.454 e. The van der Waals surface area contributed by atoms with Gasteiger partial charge in [-0.2, -0.15) is 0 Å². The molecule has 0 amide bonds. The average molecular weight is 360 g/mol. The van der Waals surface area contributed by atoms with E-state index in [4.69, 9.17) is 14.5 Å². The summed E-state index contributed by atoms with van der Waals surface area (Å²) in [6.07, 6.45) is 0.558. The molecule has 3 heterocycles. The first-order valence-electron chi connectivity index (χ1n) is 8.84. The molecule has 1 aromatic heterocycles. The van der Waals surface area contributed by atoms with Gasteiger partial charge in [0, 0.05) is 17.8 Å². The predicted molar refractivity (Wildman–Crippen MR) is 97.4 cm³/mol. The molecule has 25 heavy (non-hydrogen) atoms. The van der Waals surface area contributed by atoms with Gasteiger partial charge in [-0.25, -0.2) is 4.98 Å². The molecule has 2 aliphatic heterocycles. The van der Waals surface area contributed by atoms with Crippen molar-refractivity contribution in [3.63, 3.8) is 0 Å². The molecule has 1 N–H and O–H groups in total. The van der Waals surface area contributed by atoms with Crippen LogP contribution < -0.4 is 9.47 Å². The Kier molecular flexibility index (Phi) is 4.67. The van der Waals surface area contributed by atoms with Gasteiger partial charge < -0.3 is 14.6 Å². The van der Waals surface area contributed by atoms with Crippen LogP contribution in [0.1, 0.15) is 48.4 Å². The zero-order valence-corrected chi connectivity index (χ0v) is 15.5. The zero-order chi connectivity index (χ0) is 17.4. The quantitative estimate of drug-likeness (QED) is 0.906. The molecule has 0 bridgehead atoms. The molecule has 134 valence electrons. The standard InChI is InChI=1S/C19H24N2O3S/c1-12(2)15-10-25-19(20-15)9-21-6-5-14(16(22)8-21)13-3-4-17-18(7-13)24-11-23-17/h3-4,7,10,12,14,16,22H,5-6,8-9,11H2,1-2H3/t14-,16+/m0/s1. The highest BCUT2D eigenvalue weighted by atomic mass is 32.1. The molecule has 6 heteroatoms. The Morgan fingerprint density at radius 2 is 2.16 bits per heavy atom. The van der Waals surface area contributed by atoms with Crippen LogP contribution in [-0.2, 0) is 6.54 Å². The zero-order valence-electron chi connectivity index (χ0n) is 14.6. The summed E-state index contributed by atoms with van der Waals surface area (Å²) in [4.78, 5) is 7.01. The van der Waals surface area contributed by atoms with Crippen LogP contribution in [0.25, 0.3) is 0 Å². The van der Waals surface area contributed by atoms with Crippen molar-refractivity contribution in [1.82, 2.24) is 9.88 Å². The maximum absolute atomic E-state index is 10.7. The van der Waals surface area contributed by atoms with E-state index in [1.807, 2.05) is 18.2 Å². The first-order valence-corrected chi connectivity index (χ1v) is 9.72. The molecule has 0 unspecified atom stereocenters. The third kappa shape index (κ3) is 3.52. The number of aromatic nitrogens is 1. The summed E-state index contributed by atoms with van der Waals surface area (Å²) in [5, 5.41) is 14.0. The molecule has 0 saturated carbocycles. The molecule has 5 nitrogen and oxygen atoms in total. The van der Waals surface area contributed by atoms with Gasteiger partial charge in [-0.1, -0.05) is 19.9 Å². The minimum absolute atomic E-state index is 0.147. The number of benzene rings is 1. The number of aliphatic hydroxyl groups is 1. The lowest BCUT2D eigenvalue weighted by atomic mass is 9.87. The van der Waals surface area contributed by atoms with E-state index >= 15 is 0 Å². The van der Waals surface area contributed by atoms with Gasteiger partial charge in [-0.3, -0.25) is 4.90 Å². The lowest BCUT2D eigenvalue weighted by Crippen LogP contribution is -2.42. The molecule has 1 saturated heterocycles. The van der Waals surface area contributed by atoms with E-state index in [2.05, 4.69) is 24.1 Å². The lowest BCUT2D eigenvalue weighted by molar-refractivity contribution is 0.0476. The van der Waals surface area contributed by atoms with Gasteiger partial charge in [0.05, 0.1) is 18.3 Å². The second-order valence-electron chi connectivity index (χ2n) is 7.13. The van der Waals surface area contributed by atoms with Gasteiger partial charge in [0.1, 0.15) is 5.01 Å². The fourth-order valence-electron chi connectivity index (χ4n) is 3.53. The SMILES string of the molecule is CC(C)c1csc(CN2CC[C@@H](c3ccc4c(c3)OCO4)[C@H](O)C2)n1. The number of fused-ring (bicyclic) bond motifs is 1. The number of piperidine rings is 1. The number of aliphatic hydroxyl groups excluding tert-OH is 1. The Balaban J connectivity index is 1.40. The third-order valence-corrected chi connectivity index (χ3v) is 5.86. The van der Waals surface area contributed by atoms with Gasteiger partial charge in [0.2, 0.25) is 6.79 Å². The van der Waals surface area contributed by atoms with Gasteiger partial charge >= 0.3 is 0 Å². The van der Waals surface area contributed by atoms with E-state index in [1.165, 1.54) is 0 Å². The lowest BCUT2D eigenvalue weighted by Gasteiger charge is -2.35. The normalized spacial score (nSPS) is 23.4. The van der Waals surface area contributed by atoms with Crippen molar-refractivity contribution < 1.29 is 14.6 Å². The molecule has 2 aromatic rings. The van der Waals surface area contributed by atoms with Crippen molar-refractivity contribution in [2.75, 3.05) is 19.9 Å². The minimum Gasteiger partial charge on any atom is -0.454 e. The molecule has 2 atom stereocenters. The van der Waals surface area contributed by atoms with E-state index in [0.717, 1.165) is 47.3 Å². The number of nitrogens with zero attached hydrogens (tertiary/aromatic N) is 2. The number of β-amino-alcohol motifs (C(OH)–C–C–N with tert-alkyl or cyclic N) is 1. The molecule has 1 aromatic carbocycles. The fraction of sp³-hybridized carbons (Fsp3) is 0.526. The number of rotatable bonds is 4. The van der Waals surface area contributed by atoms with Crippen molar-refractivity contribution in [3.8, 4) is 11.5 Å². The maximum Gasteiger partial charge on any atom is 0.231 e. The van der Waals surface area contributed by atoms with Crippen molar-refractivity contribution in [2.45, 2.75) is 44.8 Å². The van der Waals surface area contributed by atoms with Crippen LogP contribution in [-0.4, -0.2) is 41.0 Å². The number of hydrogen-bond donors (Lipinski definition) is 1. The van der Waals surface area contributed by atoms with Crippen molar-refractivity contribution in [3.05, 3.63) is 39.8 Å². The summed E-state index contributed by atoms with van der Waals surface area (Å²) in [5.41, 5.74) is 2.29. The molecular formula is C19H24N2O3S. The van der Waals surface area contributed by atoms with Crippen LogP contribution in [0.4, 0.5) is 0 Å². The highest BCUT2D eigenvalue weighted by Gasteiger charge is 2.30. The summed E-state index contributed by atoms with van der Waals surface area (Å²) in [7, 11) is 0. The molecular weight excluding hydrogens is 336 g/mol. The van der Waals surface area contributed by atoms with E-state index in [0.29, 0.717) is 12.5 Å².